The first-order chi connectivity index (χ1) is 17.8. The predicted molar refractivity (Wildman–Crippen MR) is 141 cm³/mol. The lowest BCUT2D eigenvalue weighted by atomic mass is 10.1. The smallest absolute Gasteiger partial charge is 0.267 e. The van der Waals surface area contributed by atoms with Crippen LogP contribution in [0.15, 0.2) is 56.8 Å². The third-order valence-corrected chi connectivity index (χ3v) is 9.53. The number of nitrogens with one attached hydrogen (secondary N) is 2. The summed E-state index contributed by atoms with van der Waals surface area (Å²) in [5, 5.41) is 6.53. The van der Waals surface area contributed by atoms with Crippen molar-refractivity contribution in [3.8, 4) is 0 Å². The van der Waals surface area contributed by atoms with Gasteiger partial charge in [-0.15, -0.1) is 0 Å². The Hall–Kier alpha value is -2.97. The third-order valence-electron chi connectivity index (χ3n) is 5.84. The molecule has 1 fully saturated rings. The third kappa shape index (κ3) is 5.86. The Kier molecular flexibility index (Phi) is 7.86. The second-order valence-electron chi connectivity index (χ2n) is 9.01. The lowest BCUT2D eigenvalue weighted by Crippen LogP contribution is -2.48. The van der Waals surface area contributed by atoms with Crippen LogP contribution < -0.4 is 10.0 Å². The van der Waals surface area contributed by atoms with E-state index in [2.05, 4.69) is 15.2 Å². The molecule has 2 heterocycles. The number of sulfonamides is 2. The second-order valence-corrected chi connectivity index (χ2v) is 13.0. The zero-order valence-electron chi connectivity index (χ0n) is 21.1. The number of carbonyl (C=O) groups excluding carboxylic acids is 1. The number of amides is 1. The number of rotatable bonds is 7. The van der Waals surface area contributed by atoms with Gasteiger partial charge < -0.3 is 14.6 Å². The van der Waals surface area contributed by atoms with Gasteiger partial charge in [-0.05, 0) is 70.2 Å². The summed E-state index contributed by atoms with van der Waals surface area (Å²) >= 11 is 6.09. The number of ether oxygens (including phenoxy) is 1. The number of anilines is 2. The maximum Gasteiger partial charge on any atom is 0.267 e. The van der Waals surface area contributed by atoms with Crippen LogP contribution in [0.25, 0.3) is 0 Å². The number of aromatic nitrogens is 1. The van der Waals surface area contributed by atoms with E-state index in [1.165, 1.54) is 60.6 Å². The average Bonchev–Trinajstić information content (AvgIpc) is 3.18. The number of nitrogens with zero attached hydrogens (tertiary/aromatic N) is 2. The zero-order chi connectivity index (χ0) is 27.8. The first-order valence-corrected chi connectivity index (χ1v) is 14.9. The molecule has 4 rings (SSSR count). The highest BCUT2D eigenvalue weighted by atomic mass is 35.5. The van der Waals surface area contributed by atoms with E-state index in [0.29, 0.717) is 5.69 Å². The van der Waals surface area contributed by atoms with Gasteiger partial charge in [-0.3, -0.25) is 9.52 Å². The van der Waals surface area contributed by atoms with Crippen molar-refractivity contribution in [3.05, 3.63) is 64.5 Å². The quantitative estimate of drug-likeness (QED) is 0.427. The molecule has 0 spiro atoms. The Morgan fingerprint density at radius 3 is 2.24 bits per heavy atom. The van der Waals surface area contributed by atoms with Crippen molar-refractivity contribution in [2.24, 2.45) is 0 Å². The van der Waals surface area contributed by atoms with Crippen molar-refractivity contribution < 1.29 is 30.9 Å². The number of aryl methyl sites for hydroxylation is 2. The van der Waals surface area contributed by atoms with Crippen LogP contribution in [0, 0.1) is 13.8 Å². The summed E-state index contributed by atoms with van der Waals surface area (Å²) in [7, 11) is -7.88. The zero-order valence-corrected chi connectivity index (χ0v) is 23.4. The van der Waals surface area contributed by atoms with E-state index in [1.54, 1.807) is 0 Å². The lowest BCUT2D eigenvalue weighted by molar-refractivity contribution is -0.0440. The predicted octanol–water partition coefficient (Wildman–Crippen LogP) is 3.80. The minimum atomic E-state index is -4.12. The molecule has 1 amide bonds. The molecule has 1 saturated heterocycles. The van der Waals surface area contributed by atoms with Gasteiger partial charge in [0, 0.05) is 23.8 Å². The van der Waals surface area contributed by atoms with E-state index in [1.807, 2.05) is 13.8 Å². The molecule has 2 unspecified atom stereocenters. The van der Waals surface area contributed by atoms with Crippen LogP contribution in [0.3, 0.4) is 0 Å². The molecule has 0 radical (unpaired) electrons. The van der Waals surface area contributed by atoms with Gasteiger partial charge in [0.2, 0.25) is 10.0 Å². The molecule has 38 heavy (non-hydrogen) atoms. The number of benzene rings is 2. The SMILES string of the molecule is Cc1noc(C)c1S(=O)(=O)Nc1ccc(Cl)cc1C(=O)Nc1ccc(S(=O)(=O)N2CC(C)OC(C)C2)cc1. The molecule has 2 aromatic carbocycles. The van der Waals surface area contributed by atoms with Crippen LogP contribution in [0.4, 0.5) is 11.4 Å². The maximum atomic E-state index is 13.1. The molecular weight excluding hydrogens is 556 g/mol. The molecule has 0 aliphatic carbocycles. The van der Waals surface area contributed by atoms with Gasteiger partial charge in [0.05, 0.1) is 28.4 Å². The Balaban J connectivity index is 1.55. The highest BCUT2D eigenvalue weighted by molar-refractivity contribution is 7.92. The summed E-state index contributed by atoms with van der Waals surface area (Å²) in [6.45, 7) is 7.07. The summed E-state index contributed by atoms with van der Waals surface area (Å²) in [6.07, 6.45) is -0.456. The Bertz CT molecular complexity index is 1540. The molecule has 3 aromatic rings. The standard InChI is InChI=1S/C24H27ClN4O7S2/c1-14-12-29(13-15(2)35-14)38(33,34)20-8-6-19(7-9-20)26-24(30)21-11-18(25)5-10-22(21)28-37(31,32)23-16(3)27-36-17(23)4/h5-11,14-15,28H,12-13H2,1-4H3,(H,26,30). The molecule has 2 atom stereocenters. The summed E-state index contributed by atoms with van der Waals surface area (Å²) in [5.74, 6) is -0.554. The van der Waals surface area contributed by atoms with Gasteiger partial charge in [-0.25, -0.2) is 16.8 Å². The molecular formula is C24H27ClN4O7S2. The summed E-state index contributed by atoms with van der Waals surface area (Å²) in [5.41, 5.74) is 0.422. The van der Waals surface area contributed by atoms with E-state index < -0.39 is 26.0 Å². The molecule has 1 aromatic heterocycles. The fourth-order valence-electron chi connectivity index (χ4n) is 4.23. The van der Waals surface area contributed by atoms with E-state index in [0.717, 1.165) is 0 Å². The van der Waals surface area contributed by atoms with E-state index in [-0.39, 0.29) is 62.8 Å². The largest absolute Gasteiger partial charge is 0.373 e. The highest BCUT2D eigenvalue weighted by Crippen LogP contribution is 2.28. The molecule has 0 saturated carbocycles. The van der Waals surface area contributed by atoms with Crippen molar-refractivity contribution >= 4 is 48.9 Å². The van der Waals surface area contributed by atoms with Gasteiger partial charge >= 0.3 is 0 Å². The normalized spacial score (nSPS) is 18.8. The molecule has 1 aliphatic heterocycles. The van der Waals surface area contributed by atoms with Crippen LogP contribution in [0.1, 0.15) is 35.7 Å². The Morgan fingerprint density at radius 1 is 1.03 bits per heavy atom. The summed E-state index contributed by atoms with van der Waals surface area (Å²) < 4.78 is 66.5. The number of hydrogen-bond acceptors (Lipinski definition) is 8. The fourth-order valence-corrected chi connectivity index (χ4v) is 7.41. The molecule has 1 aliphatic rings. The highest BCUT2D eigenvalue weighted by Gasteiger charge is 2.32. The van der Waals surface area contributed by atoms with Crippen molar-refractivity contribution in [1.29, 1.82) is 0 Å². The van der Waals surface area contributed by atoms with E-state index >= 15 is 0 Å². The number of carbonyl (C=O) groups is 1. The van der Waals surface area contributed by atoms with Gasteiger partial charge in [-0.1, -0.05) is 16.8 Å². The molecule has 11 nitrogen and oxygen atoms in total. The van der Waals surface area contributed by atoms with Crippen molar-refractivity contribution in [2.45, 2.75) is 49.7 Å². The van der Waals surface area contributed by atoms with E-state index in [9.17, 15) is 21.6 Å². The average molecular weight is 583 g/mol. The van der Waals surface area contributed by atoms with Crippen LogP contribution >= 0.6 is 11.6 Å². The first kappa shape index (κ1) is 28.0. The molecule has 0 bridgehead atoms. The first-order valence-electron chi connectivity index (χ1n) is 11.6. The van der Waals surface area contributed by atoms with Gasteiger partial charge in [0.1, 0.15) is 5.69 Å². The molecule has 204 valence electrons. The monoisotopic (exact) mass is 582 g/mol. The van der Waals surface area contributed by atoms with Crippen LogP contribution in [-0.4, -0.2) is 57.5 Å². The minimum Gasteiger partial charge on any atom is -0.373 e. The molecule has 14 heteroatoms. The van der Waals surface area contributed by atoms with Crippen LogP contribution in [0.5, 0.6) is 0 Å². The summed E-state index contributed by atoms with van der Waals surface area (Å²) in [4.78, 5) is 13.1. The van der Waals surface area contributed by atoms with Crippen molar-refractivity contribution in [3.63, 3.8) is 0 Å². The number of morpholine rings is 1. The van der Waals surface area contributed by atoms with Crippen LogP contribution in [-0.2, 0) is 24.8 Å². The second kappa shape index (κ2) is 10.7. The summed E-state index contributed by atoms with van der Waals surface area (Å²) in [6, 6.07) is 9.83. The van der Waals surface area contributed by atoms with Crippen molar-refractivity contribution in [1.82, 2.24) is 9.46 Å². The number of halogens is 1. The number of hydrogen-bond donors (Lipinski definition) is 2. The fraction of sp³-hybridized carbons (Fsp3) is 0.333. The van der Waals surface area contributed by atoms with Gasteiger partial charge in [-0.2, -0.15) is 4.31 Å². The lowest BCUT2D eigenvalue weighted by Gasteiger charge is -2.34. The van der Waals surface area contributed by atoms with Crippen LogP contribution in [0.2, 0.25) is 5.02 Å². The maximum absolute atomic E-state index is 13.1. The Morgan fingerprint density at radius 2 is 1.66 bits per heavy atom. The van der Waals surface area contributed by atoms with E-state index in [4.69, 9.17) is 20.9 Å². The van der Waals surface area contributed by atoms with Gasteiger partial charge in [0.25, 0.3) is 15.9 Å². The molecule has 2 N–H and O–H groups in total. The topological polar surface area (TPSA) is 148 Å². The minimum absolute atomic E-state index is 0.0124. The van der Waals surface area contributed by atoms with Gasteiger partial charge in [0.15, 0.2) is 10.7 Å². The van der Waals surface area contributed by atoms with Crippen molar-refractivity contribution in [2.75, 3.05) is 23.1 Å². The Labute approximate surface area is 226 Å².